The van der Waals surface area contributed by atoms with Crippen molar-refractivity contribution in [2.75, 3.05) is 40.5 Å². The van der Waals surface area contributed by atoms with Gasteiger partial charge in [0.25, 0.3) is 0 Å². The highest BCUT2D eigenvalue weighted by molar-refractivity contribution is 6.11. The Hall–Kier alpha value is -3.24. The molecule has 1 atom stereocenters. The van der Waals surface area contributed by atoms with Crippen molar-refractivity contribution in [3.8, 4) is 11.8 Å². The highest BCUT2D eigenvalue weighted by atomic mass is 16.5. The molecular weight excluding hydrogens is 458 g/mol. The van der Waals surface area contributed by atoms with Crippen LogP contribution in [0.1, 0.15) is 56.3 Å². The Morgan fingerprint density at radius 3 is 2.58 bits per heavy atom. The van der Waals surface area contributed by atoms with Crippen molar-refractivity contribution in [3.63, 3.8) is 0 Å². The quantitative estimate of drug-likeness (QED) is 0.385. The van der Waals surface area contributed by atoms with Gasteiger partial charge in [-0.1, -0.05) is 17.7 Å². The average molecular weight is 500 g/mol. The normalized spacial score (nSPS) is 12.9. The Bertz CT molecular complexity index is 1110. The predicted molar refractivity (Wildman–Crippen MR) is 145 cm³/mol. The topological polar surface area (TPSA) is 114 Å². The lowest BCUT2D eigenvalue weighted by Crippen LogP contribution is -2.27. The van der Waals surface area contributed by atoms with Crippen LogP contribution in [0.3, 0.4) is 0 Å². The molecule has 0 radical (unpaired) electrons. The third-order valence-electron chi connectivity index (χ3n) is 5.56. The van der Waals surface area contributed by atoms with Crippen LogP contribution in [0.2, 0.25) is 0 Å². The molecule has 2 rings (SSSR count). The molecule has 0 amide bonds. The zero-order valence-electron chi connectivity index (χ0n) is 22.9. The smallest absolute Gasteiger partial charge is 0.240 e. The number of likely N-dealkylation sites (N-methyl/N-ethyl adjacent to an activating group) is 1. The highest BCUT2D eigenvalue weighted by Crippen LogP contribution is 2.28. The minimum Gasteiger partial charge on any atom is -0.476 e. The molecule has 10 nitrogen and oxygen atoms in total. The molecule has 2 heterocycles. The van der Waals surface area contributed by atoms with Crippen LogP contribution in [0.5, 0.6) is 11.8 Å². The van der Waals surface area contributed by atoms with E-state index in [1.54, 1.807) is 16.4 Å². The second-order valence-electron chi connectivity index (χ2n) is 8.96. The Labute approximate surface area is 214 Å². The van der Waals surface area contributed by atoms with Gasteiger partial charge in [-0.15, -0.1) is 5.10 Å². The SMILES string of the molecule is C/C=C/c1c(OCC=N)nn(C(C)CO)c1CN(C)CCOc1c(C(C=C(C)C)=NC)c(C)nn1C. The number of aliphatic imine (C=N–C) groups is 1. The molecule has 0 aliphatic heterocycles. The third-order valence-corrected chi connectivity index (χ3v) is 5.56. The number of nitrogens with one attached hydrogen (secondary N) is 1. The summed E-state index contributed by atoms with van der Waals surface area (Å²) in [6.45, 7) is 11.7. The van der Waals surface area contributed by atoms with E-state index in [4.69, 9.17) is 14.9 Å². The van der Waals surface area contributed by atoms with Crippen molar-refractivity contribution >= 4 is 18.0 Å². The first kappa shape index (κ1) is 29.0. The van der Waals surface area contributed by atoms with Crippen LogP contribution in [0.25, 0.3) is 6.08 Å². The summed E-state index contributed by atoms with van der Waals surface area (Å²) in [4.78, 5) is 6.59. The fourth-order valence-corrected chi connectivity index (χ4v) is 3.87. The molecule has 0 aliphatic rings. The monoisotopic (exact) mass is 499 g/mol. The van der Waals surface area contributed by atoms with Gasteiger partial charge in [0.2, 0.25) is 11.8 Å². The Balaban J connectivity index is 2.23. The predicted octanol–water partition coefficient (Wildman–Crippen LogP) is 3.44. The van der Waals surface area contributed by atoms with Crippen LogP contribution >= 0.6 is 0 Å². The zero-order valence-corrected chi connectivity index (χ0v) is 22.9. The molecular formula is C26H41N7O3. The summed E-state index contributed by atoms with van der Waals surface area (Å²) in [5, 5.41) is 26.2. The van der Waals surface area contributed by atoms with Crippen LogP contribution in [0.4, 0.5) is 0 Å². The van der Waals surface area contributed by atoms with Crippen LogP contribution < -0.4 is 9.47 Å². The highest BCUT2D eigenvalue weighted by Gasteiger charge is 2.22. The number of allylic oxidation sites excluding steroid dienone is 3. The third kappa shape index (κ3) is 7.14. The summed E-state index contributed by atoms with van der Waals surface area (Å²) >= 11 is 0. The number of aliphatic hydroxyl groups is 1. The lowest BCUT2D eigenvalue weighted by molar-refractivity contribution is 0.204. The summed E-state index contributed by atoms with van der Waals surface area (Å²) in [5.74, 6) is 1.15. The van der Waals surface area contributed by atoms with Gasteiger partial charge in [-0.05, 0) is 47.7 Å². The molecule has 198 valence electrons. The summed E-state index contributed by atoms with van der Waals surface area (Å²) < 4.78 is 15.5. The lowest BCUT2D eigenvalue weighted by atomic mass is 10.1. The minimum atomic E-state index is -0.215. The van der Waals surface area contributed by atoms with Gasteiger partial charge in [0.1, 0.15) is 13.2 Å². The molecule has 2 N–H and O–H groups in total. The number of aryl methyl sites for hydroxylation is 2. The van der Waals surface area contributed by atoms with E-state index < -0.39 is 0 Å². The van der Waals surface area contributed by atoms with E-state index in [0.29, 0.717) is 31.5 Å². The van der Waals surface area contributed by atoms with E-state index in [1.807, 2.05) is 66.9 Å². The molecule has 2 aromatic rings. The van der Waals surface area contributed by atoms with E-state index >= 15 is 0 Å². The molecule has 0 bridgehead atoms. The van der Waals surface area contributed by atoms with Gasteiger partial charge < -0.3 is 20.0 Å². The van der Waals surface area contributed by atoms with Gasteiger partial charge in [0, 0.05) is 33.4 Å². The molecule has 0 aromatic carbocycles. The van der Waals surface area contributed by atoms with Gasteiger partial charge in [-0.3, -0.25) is 14.6 Å². The maximum Gasteiger partial charge on any atom is 0.240 e. The van der Waals surface area contributed by atoms with Crippen LogP contribution in [-0.4, -0.2) is 82.0 Å². The lowest BCUT2D eigenvalue weighted by Gasteiger charge is -2.20. The Kier molecular flexibility index (Phi) is 11.1. The first-order chi connectivity index (χ1) is 17.2. The van der Waals surface area contributed by atoms with Gasteiger partial charge in [-0.25, -0.2) is 4.68 Å². The van der Waals surface area contributed by atoms with Crippen LogP contribution in [0.15, 0.2) is 22.7 Å². The number of aliphatic hydroxyl groups excluding tert-OH is 1. The van der Waals surface area contributed by atoms with Gasteiger partial charge in [-0.2, -0.15) is 5.10 Å². The molecule has 0 aliphatic carbocycles. The van der Waals surface area contributed by atoms with Crippen molar-refractivity contribution in [1.29, 1.82) is 5.41 Å². The molecule has 0 spiro atoms. The van der Waals surface area contributed by atoms with Gasteiger partial charge in [0.05, 0.1) is 40.9 Å². The fraction of sp³-hybridized carbons (Fsp3) is 0.538. The molecule has 0 saturated heterocycles. The van der Waals surface area contributed by atoms with Gasteiger partial charge >= 0.3 is 0 Å². The maximum atomic E-state index is 9.78. The van der Waals surface area contributed by atoms with E-state index in [2.05, 4.69) is 20.1 Å². The fourth-order valence-electron chi connectivity index (χ4n) is 3.87. The average Bonchev–Trinajstić information content (AvgIpc) is 3.31. The molecule has 2 aromatic heterocycles. The number of rotatable bonds is 14. The summed E-state index contributed by atoms with van der Waals surface area (Å²) in [6, 6.07) is -0.215. The maximum absolute atomic E-state index is 9.78. The van der Waals surface area contributed by atoms with Crippen molar-refractivity contribution in [3.05, 3.63) is 40.2 Å². The summed E-state index contributed by atoms with van der Waals surface area (Å²) in [5.41, 5.74) is 5.55. The number of hydrogen-bond acceptors (Lipinski definition) is 8. The zero-order chi connectivity index (χ0) is 26.8. The molecule has 36 heavy (non-hydrogen) atoms. The molecule has 0 saturated carbocycles. The number of aromatic nitrogens is 4. The minimum absolute atomic E-state index is 0.0452. The van der Waals surface area contributed by atoms with E-state index in [1.165, 1.54) is 6.21 Å². The molecule has 0 fully saturated rings. The Morgan fingerprint density at radius 2 is 2.00 bits per heavy atom. The van der Waals surface area contributed by atoms with Crippen LogP contribution in [-0.2, 0) is 13.6 Å². The number of nitrogens with zero attached hydrogens (tertiary/aromatic N) is 6. The van der Waals surface area contributed by atoms with Crippen molar-refractivity contribution < 1.29 is 14.6 Å². The largest absolute Gasteiger partial charge is 0.476 e. The standard InChI is InChI=1S/C26H41N7O3/c1-9-10-21-23(33(19(4)17-34)30-25(21)35-13-11-27)16-31(7)12-14-36-26-24(20(5)29-32(26)8)22(28-6)15-18(2)3/h9-11,15,19,27,34H,12-14,16-17H2,1-8H3/b10-9+,27-11?,28-22?. The second-order valence-corrected chi connectivity index (χ2v) is 8.96. The van der Waals surface area contributed by atoms with E-state index in [-0.39, 0.29) is 19.3 Å². The van der Waals surface area contributed by atoms with Crippen molar-refractivity contribution in [2.45, 2.75) is 47.2 Å². The summed E-state index contributed by atoms with van der Waals surface area (Å²) in [6.07, 6.45) is 7.11. The second kappa shape index (κ2) is 13.7. The number of hydrogen-bond donors (Lipinski definition) is 2. The van der Waals surface area contributed by atoms with Crippen molar-refractivity contribution in [2.24, 2.45) is 12.0 Å². The summed E-state index contributed by atoms with van der Waals surface area (Å²) in [7, 11) is 5.66. The molecule has 10 heteroatoms. The Morgan fingerprint density at radius 1 is 1.28 bits per heavy atom. The van der Waals surface area contributed by atoms with Crippen LogP contribution in [0, 0.1) is 12.3 Å². The first-order valence-electron chi connectivity index (χ1n) is 12.1. The molecule has 1 unspecified atom stereocenters. The van der Waals surface area contributed by atoms with Gasteiger partial charge in [0.15, 0.2) is 0 Å². The first-order valence-corrected chi connectivity index (χ1v) is 12.1. The van der Waals surface area contributed by atoms with E-state index in [0.717, 1.165) is 33.8 Å². The van der Waals surface area contributed by atoms with Crippen molar-refractivity contribution in [1.82, 2.24) is 24.5 Å². The number of ether oxygens (including phenoxy) is 2. The van der Waals surface area contributed by atoms with E-state index in [9.17, 15) is 5.11 Å².